The van der Waals surface area contributed by atoms with Gasteiger partial charge in [0.2, 0.25) is 11.0 Å². The van der Waals surface area contributed by atoms with Crippen molar-refractivity contribution in [1.29, 1.82) is 0 Å². The van der Waals surface area contributed by atoms with Gasteiger partial charge in [0.05, 0.1) is 13.0 Å². The molecule has 0 aliphatic rings. The van der Waals surface area contributed by atoms with E-state index in [2.05, 4.69) is 22.1 Å². The maximum atomic E-state index is 11.6. The number of hydrogen-bond donors (Lipinski definition) is 1. The minimum absolute atomic E-state index is 0.0652. The molecule has 0 aliphatic heterocycles. The summed E-state index contributed by atoms with van der Waals surface area (Å²) in [6, 6.07) is 0. The molecule has 1 amide bonds. The monoisotopic (exact) mass is 315 g/mol. The summed E-state index contributed by atoms with van der Waals surface area (Å²) in [6.45, 7) is 7.79. The average Bonchev–Trinajstić information content (AvgIpc) is 2.82. The first-order chi connectivity index (χ1) is 9.51. The van der Waals surface area contributed by atoms with Crippen LogP contribution in [0.5, 0.6) is 0 Å². The number of aromatic nitrogens is 2. The minimum atomic E-state index is -0.377. The number of esters is 1. The highest BCUT2D eigenvalue weighted by molar-refractivity contribution is 8.01. The molecule has 1 rings (SSSR count). The molecule has 0 atom stereocenters. The Morgan fingerprint density at radius 2 is 2.15 bits per heavy atom. The van der Waals surface area contributed by atoms with E-state index in [0.717, 1.165) is 15.7 Å². The molecule has 0 spiro atoms. The summed E-state index contributed by atoms with van der Waals surface area (Å²) in [5, 5.41) is 10.9. The van der Waals surface area contributed by atoms with Crippen molar-refractivity contribution in [2.24, 2.45) is 0 Å². The number of rotatable bonds is 8. The molecule has 0 saturated carbocycles. The van der Waals surface area contributed by atoms with Crippen LogP contribution in [0.15, 0.2) is 16.5 Å². The van der Waals surface area contributed by atoms with Crippen LogP contribution in [0, 0.1) is 0 Å². The Balaban J connectivity index is 2.35. The van der Waals surface area contributed by atoms with Crippen molar-refractivity contribution in [2.75, 3.05) is 17.7 Å². The maximum Gasteiger partial charge on any atom is 0.306 e. The summed E-state index contributed by atoms with van der Waals surface area (Å²) < 4.78 is 5.52. The molecule has 1 N–H and O–H groups in total. The summed E-state index contributed by atoms with van der Waals surface area (Å²) in [5.74, 6) is 0.120. The lowest BCUT2D eigenvalue weighted by atomic mass is 10.3. The van der Waals surface area contributed by atoms with Gasteiger partial charge in [-0.05, 0) is 13.8 Å². The van der Waals surface area contributed by atoms with Gasteiger partial charge in [-0.1, -0.05) is 35.3 Å². The van der Waals surface area contributed by atoms with Crippen LogP contribution in [0.3, 0.4) is 0 Å². The van der Waals surface area contributed by atoms with Crippen molar-refractivity contribution < 1.29 is 14.3 Å². The second-order valence-electron chi connectivity index (χ2n) is 3.97. The lowest BCUT2D eigenvalue weighted by molar-refractivity contribution is -0.144. The van der Waals surface area contributed by atoms with Crippen LogP contribution in [-0.4, -0.2) is 34.4 Å². The average molecular weight is 315 g/mol. The fourth-order valence-electron chi connectivity index (χ4n) is 1.13. The second-order valence-corrected chi connectivity index (χ2v) is 6.17. The normalized spacial score (nSPS) is 10.1. The molecule has 110 valence electrons. The highest BCUT2D eigenvalue weighted by atomic mass is 32.2. The second kappa shape index (κ2) is 8.70. The van der Waals surface area contributed by atoms with E-state index in [0.29, 0.717) is 11.7 Å². The molecule has 0 saturated heterocycles. The van der Waals surface area contributed by atoms with Gasteiger partial charge in [0.15, 0.2) is 4.34 Å². The molecule has 0 unspecified atom stereocenters. The van der Waals surface area contributed by atoms with E-state index < -0.39 is 0 Å². The summed E-state index contributed by atoms with van der Waals surface area (Å²) in [4.78, 5) is 22.7. The number of amides is 1. The quantitative estimate of drug-likeness (QED) is 0.343. The number of ether oxygens (including phenoxy) is 1. The zero-order valence-electron chi connectivity index (χ0n) is 11.5. The van der Waals surface area contributed by atoms with Crippen LogP contribution in [0.4, 0.5) is 5.13 Å². The molecule has 0 radical (unpaired) electrons. The summed E-state index contributed by atoms with van der Waals surface area (Å²) in [5.41, 5.74) is 1.05. The Hall–Kier alpha value is -1.41. The van der Waals surface area contributed by atoms with Crippen LogP contribution < -0.4 is 5.32 Å². The SMILES string of the molecule is C=C(C)CSc1nnc(NC(=O)CCC(=O)OCC)s1. The molecule has 20 heavy (non-hydrogen) atoms. The standard InChI is InChI=1S/C12H17N3O3S2/c1-4-18-10(17)6-5-9(16)13-11-14-15-12(20-11)19-7-8(2)3/h2,4-7H2,1,3H3,(H,13,14,16). The molecule has 1 aromatic heterocycles. The molecule has 8 heteroatoms. The topological polar surface area (TPSA) is 81.2 Å². The van der Waals surface area contributed by atoms with E-state index in [4.69, 9.17) is 4.74 Å². The number of thioether (sulfide) groups is 1. The van der Waals surface area contributed by atoms with Crippen molar-refractivity contribution in [3.05, 3.63) is 12.2 Å². The number of carbonyl (C=O) groups excluding carboxylic acids is 2. The predicted octanol–water partition coefficient (Wildman–Crippen LogP) is 2.49. The Morgan fingerprint density at radius 1 is 1.40 bits per heavy atom. The van der Waals surface area contributed by atoms with Gasteiger partial charge in [-0.25, -0.2) is 0 Å². The lowest BCUT2D eigenvalue weighted by Gasteiger charge is -2.01. The third kappa shape index (κ3) is 6.67. The zero-order chi connectivity index (χ0) is 15.0. The van der Waals surface area contributed by atoms with Gasteiger partial charge in [0.25, 0.3) is 0 Å². The van der Waals surface area contributed by atoms with E-state index in [1.807, 2.05) is 6.92 Å². The van der Waals surface area contributed by atoms with Crippen molar-refractivity contribution in [1.82, 2.24) is 10.2 Å². The van der Waals surface area contributed by atoms with E-state index >= 15 is 0 Å². The lowest BCUT2D eigenvalue weighted by Crippen LogP contribution is -2.14. The number of nitrogens with zero attached hydrogens (tertiary/aromatic N) is 2. The van der Waals surface area contributed by atoms with Crippen LogP contribution in [0.25, 0.3) is 0 Å². The van der Waals surface area contributed by atoms with Crippen LogP contribution in [-0.2, 0) is 14.3 Å². The summed E-state index contributed by atoms with van der Waals surface area (Å²) in [6.07, 6.45) is 0.141. The van der Waals surface area contributed by atoms with Crippen LogP contribution in [0.1, 0.15) is 26.7 Å². The highest BCUT2D eigenvalue weighted by Crippen LogP contribution is 2.26. The van der Waals surface area contributed by atoms with Gasteiger partial charge in [-0.3, -0.25) is 9.59 Å². The van der Waals surface area contributed by atoms with Crippen LogP contribution in [0.2, 0.25) is 0 Å². The maximum absolute atomic E-state index is 11.6. The van der Waals surface area contributed by atoms with Gasteiger partial charge >= 0.3 is 5.97 Å². The zero-order valence-corrected chi connectivity index (χ0v) is 13.1. The predicted molar refractivity (Wildman–Crippen MR) is 79.9 cm³/mol. The fraction of sp³-hybridized carbons (Fsp3) is 0.500. The molecule has 0 bridgehead atoms. The van der Waals surface area contributed by atoms with E-state index in [1.165, 1.54) is 23.1 Å². The van der Waals surface area contributed by atoms with Crippen molar-refractivity contribution in [3.63, 3.8) is 0 Å². The number of hydrogen-bond acceptors (Lipinski definition) is 7. The molecule has 1 aromatic rings. The van der Waals surface area contributed by atoms with Gasteiger partial charge < -0.3 is 10.1 Å². The third-order valence-corrected chi connectivity index (χ3v) is 4.16. The molecule has 1 heterocycles. The Morgan fingerprint density at radius 3 is 2.80 bits per heavy atom. The summed E-state index contributed by atoms with van der Waals surface area (Å²) >= 11 is 2.82. The molecular weight excluding hydrogens is 298 g/mol. The smallest absolute Gasteiger partial charge is 0.306 e. The molecule has 6 nitrogen and oxygen atoms in total. The van der Waals surface area contributed by atoms with E-state index in [-0.39, 0.29) is 24.7 Å². The highest BCUT2D eigenvalue weighted by Gasteiger charge is 2.11. The number of anilines is 1. The minimum Gasteiger partial charge on any atom is -0.466 e. The fourth-order valence-corrected chi connectivity index (χ4v) is 2.75. The van der Waals surface area contributed by atoms with Gasteiger partial charge in [0, 0.05) is 12.2 Å². The van der Waals surface area contributed by atoms with Gasteiger partial charge in [0.1, 0.15) is 0 Å². The first-order valence-electron chi connectivity index (χ1n) is 6.07. The first-order valence-corrected chi connectivity index (χ1v) is 7.87. The van der Waals surface area contributed by atoms with E-state index in [1.54, 1.807) is 6.92 Å². The van der Waals surface area contributed by atoms with Crippen LogP contribution >= 0.6 is 23.1 Å². The van der Waals surface area contributed by atoms with Crippen molar-refractivity contribution in [3.8, 4) is 0 Å². The Bertz CT molecular complexity index is 488. The molecule has 0 aliphatic carbocycles. The van der Waals surface area contributed by atoms with Crippen molar-refractivity contribution in [2.45, 2.75) is 31.0 Å². The van der Waals surface area contributed by atoms with E-state index in [9.17, 15) is 9.59 Å². The Labute approximate surface area is 126 Å². The molecule has 0 aromatic carbocycles. The van der Waals surface area contributed by atoms with Gasteiger partial charge in [-0.15, -0.1) is 10.2 Å². The van der Waals surface area contributed by atoms with Gasteiger partial charge in [-0.2, -0.15) is 0 Å². The third-order valence-electron chi connectivity index (χ3n) is 1.96. The summed E-state index contributed by atoms with van der Waals surface area (Å²) in [7, 11) is 0. The number of carbonyl (C=O) groups is 2. The largest absolute Gasteiger partial charge is 0.466 e. The Kier molecular flexibility index (Phi) is 7.24. The molecule has 0 fully saturated rings. The first kappa shape index (κ1) is 16.6. The van der Waals surface area contributed by atoms with Crippen molar-refractivity contribution >= 4 is 40.1 Å². The molecular formula is C12H17N3O3S2. The number of nitrogens with one attached hydrogen (secondary N) is 1.